The Bertz CT molecular complexity index is 395. The average Bonchev–Trinajstić information content (AvgIpc) is 2.68. The first-order chi connectivity index (χ1) is 7.66. The molecule has 0 aromatic carbocycles. The molecule has 1 saturated heterocycles. The maximum Gasteiger partial charge on any atom is 0.254 e. The molecular weight excluding hydrogens is 206 g/mol. The van der Waals surface area contributed by atoms with Crippen LogP contribution in [0.3, 0.4) is 0 Å². The molecule has 0 saturated carbocycles. The Balaban J connectivity index is 2.00. The van der Waals surface area contributed by atoms with Crippen molar-refractivity contribution in [2.24, 2.45) is 0 Å². The lowest BCUT2D eigenvalue weighted by atomic mass is 10.2. The number of nitrogens with one attached hydrogen (secondary N) is 1. The molecule has 86 valence electrons. The van der Waals surface area contributed by atoms with E-state index < -0.39 is 0 Å². The van der Waals surface area contributed by atoms with Gasteiger partial charge in [0.15, 0.2) is 5.82 Å². The van der Waals surface area contributed by atoms with Crippen molar-refractivity contribution in [3.63, 3.8) is 0 Å². The largest absolute Gasteiger partial charge is 0.396 e. The van der Waals surface area contributed by atoms with E-state index in [1.807, 2.05) is 6.92 Å². The number of carbonyl (C=O) groups excluding carboxylic acids is 1. The molecule has 2 unspecified atom stereocenters. The number of amides is 1. The maximum absolute atomic E-state index is 11.8. The van der Waals surface area contributed by atoms with Gasteiger partial charge < -0.3 is 15.8 Å². The summed E-state index contributed by atoms with van der Waals surface area (Å²) in [5, 5.41) is 2.67. The molecule has 5 nitrogen and oxygen atoms in total. The summed E-state index contributed by atoms with van der Waals surface area (Å²) >= 11 is 0. The van der Waals surface area contributed by atoms with Crippen LogP contribution >= 0.6 is 0 Å². The lowest BCUT2D eigenvalue weighted by Crippen LogP contribution is -2.28. The van der Waals surface area contributed by atoms with Crippen LogP contribution in [-0.4, -0.2) is 23.1 Å². The third-order valence-electron chi connectivity index (χ3n) is 2.60. The van der Waals surface area contributed by atoms with E-state index in [0.717, 1.165) is 12.8 Å². The van der Waals surface area contributed by atoms with Crippen molar-refractivity contribution in [1.29, 1.82) is 0 Å². The lowest BCUT2D eigenvalue weighted by molar-refractivity contribution is -0.126. The van der Waals surface area contributed by atoms with Crippen molar-refractivity contribution in [3.8, 4) is 0 Å². The first-order valence-electron chi connectivity index (χ1n) is 5.33. The van der Waals surface area contributed by atoms with Crippen molar-refractivity contribution in [2.75, 3.05) is 11.1 Å². The number of hydrogen-bond donors (Lipinski definition) is 2. The van der Waals surface area contributed by atoms with E-state index in [0.29, 0.717) is 11.5 Å². The Morgan fingerprint density at radius 3 is 3.06 bits per heavy atom. The third-order valence-corrected chi connectivity index (χ3v) is 2.60. The van der Waals surface area contributed by atoms with Gasteiger partial charge in [-0.2, -0.15) is 0 Å². The van der Waals surface area contributed by atoms with E-state index in [2.05, 4.69) is 10.3 Å². The standard InChI is InChI=1S/C11H15N3O2/c1-7-4-5-9(16-7)11(15)14-10-8(12)3-2-6-13-10/h2-3,6-7,9H,4-5,12H2,1H3,(H,13,14,15). The highest BCUT2D eigenvalue weighted by atomic mass is 16.5. The number of rotatable bonds is 2. The highest BCUT2D eigenvalue weighted by Crippen LogP contribution is 2.21. The van der Waals surface area contributed by atoms with Crippen LogP contribution in [0.1, 0.15) is 19.8 Å². The molecular formula is C11H15N3O2. The maximum atomic E-state index is 11.8. The van der Waals surface area contributed by atoms with Gasteiger partial charge in [0.05, 0.1) is 11.8 Å². The second-order valence-electron chi connectivity index (χ2n) is 3.94. The Labute approximate surface area is 94.0 Å². The van der Waals surface area contributed by atoms with Gasteiger partial charge in [0.25, 0.3) is 5.91 Å². The molecule has 5 heteroatoms. The number of anilines is 2. The molecule has 1 aromatic heterocycles. The molecule has 0 radical (unpaired) electrons. The molecule has 16 heavy (non-hydrogen) atoms. The van der Waals surface area contributed by atoms with Gasteiger partial charge in [0.2, 0.25) is 0 Å². The minimum absolute atomic E-state index is 0.150. The predicted octanol–water partition coefficient (Wildman–Crippen LogP) is 1.17. The quantitative estimate of drug-likeness (QED) is 0.785. The fourth-order valence-electron chi connectivity index (χ4n) is 1.71. The molecule has 2 atom stereocenters. The molecule has 1 fully saturated rings. The number of nitrogens with zero attached hydrogens (tertiary/aromatic N) is 1. The Hall–Kier alpha value is -1.62. The molecule has 2 heterocycles. The van der Waals surface area contributed by atoms with Crippen LogP contribution in [0.2, 0.25) is 0 Å². The Morgan fingerprint density at radius 2 is 2.44 bits per heavy atom. The first-order valence-corrected chi connectivity index (χ1v) is 5.33. The second-order valence-corrected chi connectivity index (χ2v) is 3.94. The average molecular weight is 221 g/mol. The number of aromatic nitrogens is 1. The lowest BCUT2D eigenvalue weighted by Gasteiger charge is -2.12. The summed E-state index contributed by atoms with van der Waals surface area (Å²) < 4.78 is 5.45. The van der Waals surface area contributed by atoms with Gasteiger partial charge in [-0.15, -0.1) is 0 Å². The van der Waals surface area contributed by atoms with Crippen molar-refractivity contribution in [2.45, 2.75) is 32.0 Å². The van der Waals surface area contributed by atoms with Gasteiger partial charge in [-0.1, -0.05) is 0 Å². The molecule has 0 spiro atoms. The Morgan fingerprint density at radius 1 is 1.62 bits per heavy atom. The van der Waals surface area contributed by atoms with E-state index in [1.165, 1.54) is 0 Å². The zero-order chi connectivity index (χ0) is 11.5. The zero-order valence-electron chi connectivity index (χ0n) is 9.14. The molecule has 1 aliphatic heterocycles. The van der Waals surface area contributed by atoms with Gasteiger partial charge in [-0.25, -0.2) is 4.98 Å². The SMILES string of the molecule is CC1CCC(C(=O)Nc2ncccc2N)O1. The molecule has 3 N–H and O–H groups in total. The smallest absolute Gasteiger partial charge is 0.254 e. The molecule has 1 aromatic rings. The van der Waals surface area contributed by atoms with Crippen molar-refractivity contribution < 1.29 is 9.53 Å². The summed E-state index contributed by atoms with van der Waals surface area (Å²) in [4.78, 5) is 15.8. The fraction of sp³-hybridized carbons (Fsp3) is 0.455. The number of pyridine rings is 1. The van der Waals surface area contributed by atoms with Gasteiger partial charge in [-0.3, -0.25) is 4.79 Å². The van der Waals surface area contributed by atoms with Crippen LogP contribution in [0.15, 0.2) is 18.3 Å². The monoisotopic (exact) mass is 221 g/mol. The van der Waals surface area contributed by atoms with Gasteiger partial charge in [0, 0.05) is 6.20 Å². The van der Waals surface area contributed by atoms with Gasteiger partial charge in [-0.05, 0) is 31.9 Å². The van der Waals surface area contributed by atoms with E-state index in [9.17, 15) is 4.79 Å². The summed E-state index contributed by atoms with van der Waals surface area (Å²) in [6.45, 7) is 1.96. The number of hydrogen-bond acceptors (Lipinski definition) is 4. The molecule has 1 amide bonds. The van der Waals surface area contributed by atoms with Crippen LogP contribution in [0, 0.1) is 0 Å². The molecule has 1 aliphatic rings. The number of nitrogen functional groups attached to an aromatic ring is 1. The normalized spacial score (nSPS) is 24.3. The summed E-state index contributed by atoms with van der Waals surface area (Å²) in [5.41, 5.74) is 6.14. The number of carbonyl (C=O) groups is 1. The minimum atomic E-state index is -0.378. The Kier molecular flexibility index (Phi) is 3.05. The number of ether oxygens (including phenoxy) is 1. The molecule has 2 rings (SSSR count). The first kappa shape index (κ1) is 10.9. The van der Waals surface area contributed by atoms with Crippen LogP contribution in [-0.2, 0) is 9.53 Å². The highest BCUT2D eigenvalue weighted by molar-refractivity contribution is 5.95. The van der Waals surface area contributed by atoms with Gasteiger partial charge >= 0.3 is 0 Å². The topological polar surface area (TPSA) is 77.2 Å². The summed E-state index contributed by atoms with van der Waals surface area (Å²) in [6, 6.07) is 3.42. The third kappa shape index (κ3) is 2.30. The number of nitrogens with two attached hydrogens (primary N) is 1. The van der Waals surface area contributed by atoms with Gasteiger partial charge in [0.1, 0.15) is 6.10 Å². The molecule has 0 bridgehead atoms. The van der Waals surface area contributed by atoms with E-state index in [1.54, 1.807) is 18.3 Å². The zero-order valence-corrected chi connectivity index (χ0v) is 9.14. The van der Waals surface area contributed by atoms with Crippen LogP contribution in [0.25, 0.3) is 0 Å². The summed E-state index contributed by atoms with van der Waals surface area (Å²) in [5.74, 6) is 0.227. The second kappa shape index (κ2) is 4.49. The van der Waals surface area contributed by atoms with E-state index >= 15 is 0 Å². The van der Waals surface area contributed by atoms with Crippen molar-refractivity contribution >= 4 is 17.4 Å². The minimum Gasteiger partial charge on any atom is -0.396 e. The summed E-state index contributed by atoms with van der Waals surface area (Å²) in [6.07, 6.45) is 3.02. The molecule has 0 aliphatic carbocycles. The highest BCUT2D eigenvalue weighted by Gasteiger charge is 2.28. The van der Waals surface area contributed by atoms with Crippen LogP contribution in [0.5, 0.6) is 0 Å². The predicted molar refractivity (Wildman–Crippen MR) is 60.8 cm³/mol. The van der Waals surface area contributed by atoms with Crippen LogP contribution < -0.4 is 11.1 Å². The van der Waals surface area contributed by atoms with Crippen LogP contribution in [0.4, 0.5) is 11.5 Å². The van der Waals surface area contributed by atoms with Crippen molar-refractivity contribution in [1.82, 2.24) is 4.98 Å². The van der Waals surface area contributed by atoms with E-state index in [4.69, 9.17) is 10.5 Å². The fourth-order valence-corrected chi connectivity index (χ4v) is 1.71. The van der Waals surface area contributed by atoms with Crippen molar-refractivity contribution in [3.05, 3.63) is 18.3 Å². The van der Waals surface area contributed by atoms with E-state index in [-0.39, 0.29) is 18.1 Å². The summed E-state index contributed by atoms with van der Waals surface area (Å²) in [7, 11) is 0.